The van der Waals surface area contributed by atoms with E-state index in [9.17, 15) is 4.79 Å². The fourth-order valence-corrected chi connectivity index (χ4v) is 2.50. The van der Waals surface area contributed by atoms with Gasteiger partial charge in [0.1, 0.15) is 6.61 Å². The number of carbonyl (C=O) groups is 1. The lowest BCUT2D eigenvalue weighted by Gasteiger charge is -2.24. The Labute approximate surface area is 119 Å². The molecule has 0 bridgehead atoms. The molecule has 4 heteroatoms. The lowest BCUT2D eigenvalue weighted by molar-refractivity contribution is 0.136. The molecule has 0 aromatic heterocycles. The molecule has 0 atom stereocenters. The van der Waals surface area contributed by atoms with E-state index in [1.807, 2.05) is 30.3 Å². The van der Waals surface area contributed by atoms with E-state index in [1.54, 1.807) is 0 Å². The van der Waals surface area contributed by atoms with Gasteiger partial charge in [-0.05, 0) is 37.2 Å². The van der Waals surface area contributed by atoms with Crippen molar-refractivity contribution < 1.29 is 9.53 Å². The van der Waals surface area contributed by atoms with E-state index in [2.05, 4.69) is 11.4 Å². The highest BCUT2D eigenvalue weighted by molar-refractivity contribution is 5.67. The molecule has 1 saturated carbocycles. The summed E-state index contributed by atoms with van der Waals surface area (Å²) in [7, 11) is 0. The van der Waals surface area contributed by atoms with Crippen LogP contribution in [-0.4, -0.2) is 12.6 Å². The summed E-state index contributed by atoms with van der Waals surface area (Å²) < 4.78 is 5.16. The molecule has 4 nitrogen and oxygen atoms in total. The van der Waals surface area contributed by atoms with Gasteiger partial charge in [0, 0.05) is 12.5 Å². The van der Waals surface area contributed by atoms with Crippen LogP contribution in [0.5, 0.6) is 0 Å². The minimum Gasteiger partial charge on any atom is -0.445 e. The molecule has 0 radical (unpaired) electrons. The highest BCUT2D eigenvalue weighted by atomic mass is 16.5. The smallest absolute Gasteiger partial charge is 0.407 e. The van der Waals surface area contributed by atoms with Gasteiger partial charge in [0.25, 0.3) is 0 Å². The molecule has 20 heavy (non-hydrogen) atoms. The second kappa shape index (κ2) is 7.54. The van der Waals surface area contributed by atoms with E-state index in [1.165, 1.54) is 0 Å². The van der Waals surface area contributed by atoms with Gasteiger partial charge in [-0.2, -0.15) is 5.26 Å². The fourth-order valence-electron chi connectivity index (χ4n) is 2.50. The Morgan fingerprint density at radius 1 is 1.25 bits per heavy atom. The van der Waals surface area contributed by atoms with Crippen LogP contribution >= 0.6 is 0 Å². The summed E-state index contributed by atoms with van der Waals surface area (Å²) in [6, 6.07) is 11.9. The fraction of sp³-hybridized carbons (Fsp3) is 0.500. The molecular formula is C16H20N2O2. The van der Waals surface area contributed by atoms with E-state index in [-0.39, 0.29) is 12.0 Å². The van der Waals surface area contributed by atoms with Crippen LogP contribution in [0.25, 0.3) is 0 Å². The third-order valence-electron chi connectivity index (χ3n) is 3.78. The van der Waals surface area contributed by atoms with Crippen molar-refractivity contribution in [3.63, 3.8) is 0 Å². The molecular weight excluding hydrogens is 252 g/mol. The van der Waals surface area contributed by atoms with Gasteiger partial charge in [0.2, 0.25) is 0 Å². The minimum atomic E-state index is -0.365. The number of ether oxygens (including phenoxy) is 1. The number of nitrogens with zero attached hydrogens (tertiary/aromatic N) is 1. The monoisotopic (exact) mass is 272 g/mol. The number of hydrogen-bond donors (Lipinski definition) is 1. The van der Waals surface area contributed by atoms with Crippen molar-refractivity contribution in [1.29, 1.82) is 5.26 Å². The highest BCUT2D eigenvalue weighted by Gasteiger charge is 2.21. The molecule has 106 valence electrons. The molecule has 0 aliphatic heterocycles. The van der Waals surface area contributed by atoms with Crippen molar-refractivity contribution in [2.24, 2.45) is 11.8 Å². The highest BCUT2D eigenvalue weighted by Crippen LogP contribution is 2.27. The Morgan fingerprint density at radius 3 is 2.60 bits per heavy atom. The molecule has 1 aliphatic rings. The van der Waals surface area contributed by atoms with Crippen molar-refractivity contribution in [2.75, 3.05) is 6.54 Å². The van der Waals surface area contributed by atoms with E-state index in [4.69, 9.17) is 10.00 Å². The maximum Gasteiger partial charge on any atom is 0.407 e. The molecule has 0 saturated heterocycles. The van der Waals surface area contributed by atoms with Crippen molar-refractivity contribution in [2.45, 2.75) is 32.3 Å². The summed E-state index contributed by atoms with van der Waals surface area (Å²) in [6.07, 6.45) is 3.55. The van der Waals surface area contributed by atoms with E-state index in [0.717, 1.165) is 31.2 Å². The third kappa shape index (κ3) is 4.58. The third-order valence-corrected chi connectivity index (χ3v) is 3.78. The zero-order valence-corrected chi connectivity index (χ0v) is 11.5. The van der Waals surface area contributed by atoms with Gasteiger partial charge < -0.3 is 10.1 Å². The first kappa shape index (κ1) is 14.4. The molecule has 1 amide bonds. The van der Waals surface area contributed by atoms with Crippen LogP contribution in [0.15, 0.2) is 30.3 Å². The minimum absolute atomic E-state index is 0.205. The van der Waals surface area contributed by atoms with E-state index >= 15 is 0 Å². The number of benzene rings is 1. The van der Waals surface area contributed by atoms with Crippen LogP contribution in [0.2, 0.25) is 0 Å². The predicted molar refractivity (Wildman–Crippen MR) is 75.7 cm³/mol. The maximum absolute atomic E-state index is 11.6. The Kier molecular flexibility index (Phi) is 5.43. The summed E-state index contributed by atoms with van der Waals surface area (Å²) in [5.74, 6) is 0.681. The number of amides is 1. The zero-order valence-electron chi connectivity index (χ0n) is 11.5. The predicted octanol–water partition coefficient (Wildman–Crippen LogP) is 3.24. The molecule has 1 aromatic rings. The lowest BCUT2D eigenvalue weighted by Crippen LogP contribution is -2.31. The first-order valence-electron chi connectivity index (χ1n) is 7.12. The second-order valence-electron chi connectivity index (χ2n) is 5.29. The van der Waals surface area contributed by atoms with Crippen molar-refractivity contribution in [3.05, 3.63) is 35.9 Å². The first-order chi connectivity index (χ1) is 9.78. The molecule has 2 rings (SSSR count). The zero-order chi connectivity index (χ0) is 14.2. The topological polar surface area (TPSA) is 62.1 Å². The van der Waals surface area contributed by atoms with Gasteiger partial charge in [0.15, 0.2) is 0 Å². The number of nitriles is 1. The van der Waals surface area contributed by atoms with Gasteiger partial charge in [-0.15, -0.1) is 0 Å². The quantitative estimate of drug-likeness (QED) is 0.915. The SMILES string of the molecule is N#CC1CCC(CNC(=O)OCc2ccccc2)CC1. The van der Waals surface area contributed by atoms with Crippen molar-refractivity contribution in [3.8, 4) is 6.07 Å². The number of alkyl carbamates (subject to hydrolysis) is 1. The molecule has 1 N–H and O–H groups in total. The summed E-state index contributed by atoms with van der Waals surface area (Å²) >= 11 is 0. The molecule has 1 fully saturated rings. The van der Waals surface area contributed by atoms with Crippen LogP contribution in [-0.2, 0) is 11.3 Å². The maximum atomic E-state index is 11.6. The first-order valence-corrected chi connectivity index (χ1v) is 7.12. The van der Waals surface area contributed by atoms with Crippen molar-refractivity contribution in [1.82, 2.24) is 5.32 Å². The number of rotatable bonds is 4. The lowest BCUT2D eigenvalue weighted by atomic mass is 9.83. The summed E-state index contributed by atoms with van der Waals surface area (Å²) in [5.41, 5.74) is 0.983. The summed E-state index contributed by atoms with van der Waals surface area (Å²) in [4.78, 5) is 11.6. The normalized spacial score (nSPS) is 21.8. The van der Waals surface area contributed by atoms with Gasteiger partial charge in [-0.1, -0.05) is 30.3 Å². The summed E-state index contributed by atoms with van der Waals surface area (Å²) in [5, 5.41) is 11.6. The van der Waals surface area contributed by atoms with Crippen LogP contribution < -0.4 is 5.32 Å². The van der Waals surface area contributed by atoms with Crippen LogP contribution in [0.4, 0.5) is 4.79 Å². The van der Waals surface area contributed by atoms with Crippen LogP contribution in [0, 0.1) is 23.2 Å². The molecule has 1 aliphatic carbocycles. The van der Waals surface area contributed by atoms with Crippen LogP contribution in [0.3, 0.4) is 0 Å². The Morgan fingerprint density at radius 2 is 1.95 bits per heavy atom. The molecule has 0 heterocycles. The largest absolute Gasteiger partial charge is 0.445 e. The van der Waals surface area contributed by atoms with Gasteiger partial charge in [-0.25, -0.2) is 4.79 Å². The van der Waals surface area contributed by atoms with E-state index in [0.29, 0.717) is 19.1 Å². The Hall–Kier alpha value is -2.02. The van der Waals surface area contributed by atoms with Crippen molar-refractivity contribution >= 4 is 6.09 Å². The average molecular weight is 272 g/mol. The molecule has 0 spiro atoms. The molecule has 0 unspecified atom stereocenters. The number of carbonyl (C=O) groups excluding carboxylic acids is 1. The standard InChI is InChI=1S/C16H20N2O2/c17-10-13-6-8-14(9-7-13)11-18-16(19)20-12-15-4-2-1-3-5-15/h1-5,13-14H,6-9,11-12H2,(H,18,19). The second-order valence-corrected chi connectivity index (χ2v) is 5.29. The average Bonchev–Trinajstić information content (AvgIpc) is 2.52. The Bertz CT molecular complexity index is 459. The van der Waals surface area contributed by atoms with Gasteiger partial charge in [-0.3, -0.25) is 0 Å². The van der Waals surface area contributed by atoms with Gasteiger partial charge >= 0.3 is 6.09 Å². The molecule has 1 aromatic carbocycles. The number of nitrogens with one attached hydrogen (secondary N) is 1. The van der Waals surface area contributed by atoms with Gasteiger partial charge in [0.05, 0.1) is 6.07 Å². The number of hydrogen-bond acceptors (Lipinski definition) is 3. The van der Waals surface area contributed by atoms with E-state index < -0.39 is 0 Å². The van der Waals surface area contributed by atoms with Crippen LogP contribution in [0.1, 0.15) is 31.2 Å². The Balaban J connectivity index is 1.62. The summed E-state index contributed by atoms with van der Waals surface area (Å²) in [6.45, 7) is 0.944.